The quantitative estimate of drug-likeness (QED) is 0.0357. The van der Waals surface area contributed by atoms with E-state index in [-0.39, 0.29) is 22.3 Å². The van der Waals surface area contributed by atoms with Gasteiger partial charge in [-0.05, 0) is 53.4 Å². The highest BCUT2D eigenvalue weighted by atomic mass is 16.4. The van der Waals surface area contributed by atoms with Gasteiger partial charge in [0.2, 0.25) is 0 Å². The third kappa shape index (κ3) is 79.8. The minimum absolute atomic E-state index is 0.176. The molecule has 0 bridgehead atoms. The molecule has 0 aromatic carbocycles. The fourth-order valence-corrected chi connectivity index (χ4v) is 2.92. The minimum Gasteiger partial charge on any atom is -0.478 e. The van der Waals surface area contributed by atoms with E-state index in [0.717, 1.165) is 38.5 Å². The van der Waals surface area contributed by atoms with E-state index in [0.29, 0.717) is 26.4 Å². The smallest absolute Gasteiger partial charge is 0.330 e. The Kier molecular flexibility index (Phi) is 58.9. The van der Waals surface area contributed by atoms with E-state index in [1.54, 1.807) is 0 Å². The molecule has 0 heterocycles. The Labute approximate surface area is 302 Å². The van der Waals surface area contributed by atoms with Crippen LogP contribution in [0.4, 0.5) is 0 Å². The average Bonchev–Trinajstić information content (AvgIpc) is 3.04. The summed E-state index contributed by atoms with van der Waals surface area (Å²) in [5.74, 6) is -3.74. The maximum absolute atomic E-state index is 9.60. The topological polar surface area (TPSA) is 230 Å². The summed E-state index contributed by atoms with van der Waals surface area (Å²) in [5, 5.41) is 65.7. The molecule has 0 unspecified atom stereocenters. The molecule has 0 atom stereocenters. The maximum Gasteiger partial charge on any atom is 0.330 e. The third-order valence-electron chi connectivity index (χ3n) is 6.09. The maximum atomic E-state index is 9.60. The molecule has 0 rings (SSSR count). The minimum atomic E-state index is -0.935. The standard InChI is InChI=1S/C12H26O2.C10H22O2.4C4H6O2/c13-11-9-7-5-3-1-2-4-6-8-10-12-14;11-9-7-5-3-1-2-4-6-8-10-12;4*1-3(2)4(5)6/h13-14H,1-12H2;11-12H,1-10H2;4*1H2,2H3,(H,5,6). The van der Waals surface area contributed by atoms with Crippen molar-refractivity contribution in [2.75, 3.05) is 26.4 Å². The highest BCUT2D eigenvalue weighted by Crippen LogP contribution is 2.10. The predicted molar refractivity (Wildman–Crippen MR) is 201 cm³/mol. The third-order valence-corrected chi connectivity index (χ3v) is 6.09. The van der Waals surface area contributed by atoms with Crippen molar-refractivity contribution in [3.8, 4) is 0 Å². The Morgan fingerprint density at radius 1 is 0.300 bits per heavy atom. The number of hydrogen-bond acceptors (Lipinski definition) is 8. The van der Waals surface area contributed by atoms with E-state index < -0.39 is 23.9 Å². The summed E-state index contributed by atoms with van der Waals surface area (Å²) < 4.78 is 0. The van der Waals surface area contributed by atoms with Crippen LogP contribution in [0.2, 0.25) is 0 Å². The van der Waals surface area contributed by atoms with Crippen molar-refractivity contribution in [2.45, 2.75) is 143 Å². The molecular weight excluding hydrogens is 648 g/mol. The van der Waals surface area contributed by atoms with Crippen LogP contribution in [0.25, 0.3) is 0 Å². The van der Waals surface area contributed by atoms with E-state index >= 15 is 0 Å². The first-order valence-electron chi connectivity index (χ1n) is 17.4. The Hall–Kier alpha value is -3.32. The van der Waals surface area contributed by atoms with Gasteiger partial charge in [0.05, 0.1) is 0 Å². The molecular formula is C38H72O12. The van der Waals surface area contributed by atoms with Crippen LogP contribution in [-0.2, 0) is 19.2 Å². The summed E-state index contributed by atoms with van der Waals surface area (Å²) >= 11 is 0. The Morgan fingerprint density at radius 2 is 0.380 bits per heavy atom. The van der Waals surface area contributed by atoms with E-state index in [4.69, 9.17) is 40.9 Å². The zero-order valence-electron chi connectivity index (χ0n) is 31.6. The van der Waals surface area contributed by atoms with Crippen LogP contribution in [0, 0.1) is 0 Å². The van der Waals surface area contributed by atoms with Crippen molar-refractivity contribution >= 4 is 23.9 Å². The molecule has 0 amide bonds. The highest BCUT2D eigenvalue weighted by molar-refractivity contribution is 5.85. The summed E-state index contributed by atoms with van der Waals surface area (Å²) in [4.78, 5) is 38.4. The molecule has 12 nitrogen and oxygen atoms in total. The first kappa shape index (κ1) is 58.9. The highest BCUT2D eigenvalue weighted by Gasteiger charge is 1.94. The molecule has 0 radical (unpaired) electrons. The van der Waals surface area contributed by atoms with Crippen LogP contribution in [0.1, 0.15) is 143 Å². The van der Waals surface area contributed by atoms with Crippen molar-refractivity contribution < 1.29 is 60.0 Å². The summed E-state index contributed by atoms with van der Waals surface area (Å²) in [6, 6.07) is 0. The summed E-state index contributed by atoms with van der Waals surface area (Å²) in [5.41, 5.74) is 0.704. The number of aliphatic hydroxyl groups is 4. The zero-order chi connectivity index (χ0) is 40.2. The van der Waals surface area contributed by atoms with Gasteiger partial charge >= 0.3 is 23.9 Å². The van der Waals surface area contributed by atoms with E-state index in [2.05, 4.69) is 26.3 Å². The average molecular weight is 721 g/mol. The van der Waals surface area contributed by atoms with Crippen molar-refractivity contribution in [3.63, 3.8) is 0 Å². The second-order valence-electron chi connectivity index (χ2n) is 11.6. The second-order valence-corrected chi connectivity index (χ2v) is 11.6. The lowest BCUT2D eigenvalue weighted by Crippen LogP contribution is -1.92. The molecule has 0 aromatic heterocycles. The van der Waals surface area contributed by atoms with Crippen LogP contribution < -0.4 is 0 Å². The number of carboxylic acid groups (broad SMARTS) is 4. The van der Waals surface area contributed by atoms with Crippen molar-refractivity contribution in [2.24, 2.45) is 0 Å². The van der Waals surface area contributed by atoms with Crippen LogP contribution in [-0.4, -0.2) is 91.2 Å². The van der Waals surface area contributed by atoms with Crippen LogP contribution in [0.3, 0.4) is 0 Å². The first-order chi connectivity index (χ1) is 23.4. The number of unbranched alkanes of at least 4 members (excludes halogenated alkanes) is 16. The van der Waals surface area contributed by atoms with Crippen molar-refractivity contribution in [1.29, 1.82) is 0 Å². The molecule has 0 aromatic rings. The second kappa shape index (κ2) is 50.1. The van der Waals surface area contributed by atoms with E-state index in [9.17, 15) is 19.2 Å². The number of carbonyl (C=O) groups is 4. The molecule has 12 heteroatoms. The number of rotatable bonds is 24. The van der Waals surface area contributed by atoms with Gasteiger partial charge in [-0.2, -0.15) is 0 Å². The molecule has 50 heavy (non-hydrogen) atoms. The number of aliphatic carboxylic acids is 4. The van der Waals surface area contributed by atoms with Gasteiger partial charge in [-0.1, -0.05) is 116 Å². The molecule has 0 aliphatic carbocycles. The van der Waals surface area contributed by atoms with Gasteiger partial charge in [0.15, 0.2) is 0 Å². The van der Waals surface area contributed by atoms with Gasteiger partial charge in [0, 0.05) is 48.7 Å². The monoisotopic (exact) mass is 721 g/mol. The summed E-state index contributed by atoms with van der Waals surface area (Å²) in [6.07, 6.45) is 21.5. The van der Waals surface area contributed by atoms with E-state index in [1.807, 2.05) is 0 Å². The van der Waals surface area contributed by atoms with Crippen LogP contribution in [0.15, 0.2) is 48.6 Å². The Bertz CT molecular complexity index is 700. The van der Waals surface area contributed by atoms with Crippen LogP contribution >= 0.6 is 0 Å². The predicted octanol–water partition coefficient (Wildman–Crippen LogP) is 7.55. The van der Waals surface area contributed by atoms with Gasteiger partial charge in [-0.15, -0.1) is 0 Å². The summed E-state index contributed by atoms with van der Waals surface area (Å²) in [7, 11) is 0. The van der Waals surface area contributed by atoms with Gasteiger partial charge < -0.3 is 40.9 Å². The zero-order valence-corrected chi connectivity index (χ0v) is 31.6. The van der Waals surface area contributed by atoms with E-state index in [1.165, 1.54) is 105 Å². The SMILES string of the molecule is C=C(C)C(=O)O.C=C(C)C(=O)O.C=C(C)C(=O)O.C=C(C)C(=O)O.OCCCCCCCCCCCCO.OCCCCCCCCCCO. The largest absolute Gasteiger partial charge is 0.478 e. The lowest BCUT2D eigenvalue weighted by molar-refractivity contribution is -0.133. The molecule has 0 spiro atoms. The molecule has 0 saturated carbocycles. The van der Waals surface area contributed by atoms with Crippen LogP contribution in [0.5, 0.6) is 0 Å². The van der Waals surface area contributed by atoms with Crippen molar-refractivity contribution in [3.05, 3.63) is 48.6 Å². The lowest BCUT2D eigenvalue weighted by Gasteiger charge is -2.01. The molecule has 8 N–H and O–H groups in total. The fourth-order valence-electron chi connectivity index (χ4n) is 2.92. The van der Waals surface area contributed by atoms with Gasteiger partial charge in [-0.3, -0.25) is 0 Å². The Morgan fingerprint density at radius 3 is 0.440 bits per heavy atom. The van der Waals surface area contributed by atoms with Gasteiger partial charge in [-0.25, -0.2) is 19.2 Å². The van der Waals surface area contributed by atoms with Crippen molar-refractivity contribution in [1.82, 2.24) is 0 Å². The molecule has 0 saturated heterocycles. The summed E-state index contributed by atoms with van der Waals surface area (Å²) in [6.45, 7) is 19.8. The molecule has 296 valence electrons. The Balaban J connectivity index is -0.000000122. The van der Waals surface area contributed by atoms with Gasteiger partial charge in [0.1, 0.15) is 0 Å². The molecule has 0 aliphatic rings. The number of aliphatic hydroxyl groups excluding tert-OH is 4. The normalized spacial score (nSPS) is 9.12. The molecule has 0 fully saturated rings. The number of carboxylic acids is 4. The first-order valence-corrected chi connectivity index (χ1v) is 17.4. The lowest BCUT2D eigenvalue weighted by atomic mass is 10.1. The van der Waals surface area contributed by atoms with Gasteiger partial charge in [0.25, 0.3) is 0 Å². The fraction of sp³-hybridized carbons (Fsp3) is 0.684. The molecule has 0 aliphatic heterocycles. The number of hydrogen-bond donors (Lipinski definition) is 8.